The highest BCUT2D eigenvalue weighted by Crippen LogP contribution is 2.34. The lowest BCUT2D eigenvalue weighted by molar-refractivity contribution is -0.127. The van der Waals surface area contributed by atoms with Gasteiger partial charge < -0.3 is 9.47 Å². The zero-order chi connectivity index (χ0) is 22.0. The minimum Gasteiger partial charge on any atom is -0.496 e. The second-order valence-corrected chi connectivity index (χ2v) is 7.32. The van der Waals surface area contributed by atoms with Crippen LogP contribution in [0.2, 0.25) is 5.02 Å². The third-order valence-electron chi connectivity index (χ3n) is 4.84. The Labute approximate surface area is 185 Å². The fourth-order valence-corrected chi connectivity index (χ4v) is 3.85. The molecular weight excluding hydrogens is 424 g/mol. The molecule has 6 nitrogen and oxygen atoms in total. The van der Waals surface area contributed by atoms with Gasteiger partial charge in [0.15, 0.2) is 5.11 Å². The van der Waals surface area contributed by atoms with E-state index in [2.05, 4.69) is 0 Å². The quantitative estimate of drug-likeness (QED) is 0.392. The van der Waals surface area contributed by atoms with Crippen LogP contribution in [-0.4, -0.2) is 42.6 Å². The fourth-order valence-electron chi connectivity index (χ4n) is 3.33. The van der Waals surface area contributed by atoms with Gasteiger partial charge in [0.05, 0.1) is 19.9 Å². The third-order valence-corrected chi connectivity index (χ3v) is 5.50. The molecule has 0 atom stereocenters. The summed E-state index contributed by atoms with van der Waals surface area (Å²) in [5.41, 5.74) is 1.88. The van der Waals surface area contributed by atoms with Crippen LogP contribution < -0.4 is 14.4 Å². The van der Waals surface area contributed by atoms with Gasteiger partial charge in [-0.1, -0.05) is 11.6 Å². The number of carbonyl (C=O) groups is 2. The Morgan fingerprint density at radius 3 is 2.27 bits per heavy atom. The molecule has 2 amide bonds. The van der Waals surface area contributed by atoms with Crippen molar-refractivity contribution in [1.82, 2.24) is 4.90 Å². The van der Waals surface area contributed by atoms with Crippen molar-refractivity contribution in [2.24, 2.45) is 0 Å². The number of methoxy groups -OCH3 is 2. The van der Waals surface area contributed by atoms with E-state index < -0.39 is 11.8 Å². The number of thiocarbonyl (C=S) groups is 1. The van der Waals surface area contributed by atoms with Gasteiger partial charge >= 0.3 is 0 Å². The average Bonchev–Trinajstić information content (AvgIpc) is 2.73. The summed E-state index contributed by atoms with van der Waals surface area (Å²) in [5.74, 6) is 0.215. The number of carbonyl (C=O) groups excluding carboxylic acids is 2. The monoisotopic (exact) mass is 444 g/mol. The lowest BCUT2D eigenvalue weighted by atomic mass is 10.0. The van der Waals surface area contributed by atoms with Gasteiger partial charge in [-0.25, -0.2) is 0 Å². The largest absolute Gasteiger partial charge is 0.496 e. The number of benzene rings is 2. The number of hydrogen-bond donors (Lipinski definition) is 0. The Morgan fingerprint density at radius 1 is 1.03 bits per heavy atom. The van der Waals surface area contributed by atoms with E-state index in [0.29, 0.717) is 34.3 Å². The first-order valence-corrected chi connectivity index (χ1v) is 10.0. The van der Waals surface area contributed by atoms with E-state index in [1.165, 1.54) is 23.0 Å². The van der Waals surface area contributed by atoms with E-state index >= 15 is 0 Å². The van der Waals surface area contributed by atoms with Crippen LogP contribution in [0.25, 0.3) is 6.08 Å². The molecule has 0 bridgehead atoms. The van der Waals surface area contributed by atoms with Crippen molar-refractivity contribution < 1.29 is 19.1 Å². The normalized spacial score (nSPS) is 15.8. The third kappa shape index (κ3) is 3.78. The maximum Gasteiger partial charge on any atom is 0.270 e. The second kappa shape index (κ2) is 8.85. The number of anilines is 1. The summed E-state index contributed by atoms with van der Waals surface area (Å²) >= 11 is 11.4. The van der Waals surface area contributed by atoms with Crippen LogP contribution in [0, 0.1) is 6.92 Å². The Balaban J connectivity index is 2.14. The molecule has 1 aliphatic rings. The Morgan fingerprint density at radius 2 is 1.70 bits per heavy atom. The van der Waals surface area contributed by atoms with Crippen molar-refractivity contribution in [3.8, 4) is 11.5 Å². The van der Waals surface area contributed by atoms with Crippen LogP contribution in [0.3, 0.4) is 0 Å². The van der Waals surface area contributed by atoms with Gasteiger partial charge in [-0.3, -0.25) is 19.4 Å². The molecule has 156 valence electrons. The molecule has 2 aromatic rings. The highest BCUT2D eigenvalue weighted by molar-refractivity contribution is 7.80. The topological polar surface area (TPSA) is 59.1 Å². The van der Waals surface area contributed by atoms with Gasteiger partial charge in [-0.2, -0.15) is 0 Å². The first-order chi connectivity index (χ1) is 14.3. The van der Waals surface area contributed by atoms with Crippen LogP contribution in [0.5, 0.6) is 11.5 Å². The van der Waals surface area contributed by atoms with Crippen LogP contribution in [0.15, 0.2) is 42.0 Å². The van der Waals surface area contributed by atoms with Gasteiger partial charge in [0.2, 0.25) is 0 Å². The first-order valence-electron chi connectivity index (χ1n) is 9.23. The van der Waals surface area contributed by atoms with Crippen molar-refractivity contribution in [3.63, 3.8) is 0 Å². The van der Waals surface area contributed by atoms with Crippen molar-refractivity contribution >= 4 is 52.5 Å². The molecule has 2 aromatic carbocycles. The van der Waals surface area contributed by atoms with E-state index in [1.54, 1.807) is 50.4 Å². The summed E-state index contributed by atoms with van der Waals surface area (Å²) in [7, 11) is 3.10. The Hall–Kier alpha value is -2.90. The zero-order valence-electron chi connectivity index (χ0n) is 17.1. The standard InChI is InChI=1S/C22H21ClN2O4S/c1-5-24-20(26)17(12-14-6-11-18(28-3)13(2)19(14)29-4)21(27)25(22(24)30)16-9-7-15(23)8-10-16/h6-12H,5H2,1-4H3/b17-12+. The maximum absolute atomic E-state index is 13.3. The number of hydrogen-bond acceptors (Lipinski definition) is 5. The SMILES string of the molecule is CCN1C(=O)/C(=C\c2ccc(OC)c(C)c2OC)C(=O)N(c2ccc(Cl)cc2)C1=S. The van der Waals surface area contributed by atoms with E-state index in [9.17, 15) is 9.59 Å². The molecule has 1 fully saturated rings. The highest BCUT2D eigenvalue weighted by Gasteiger charge is 2.39. The van der Waals surface area contributed by atoms with Gasteiger partial charge in [0.25, 0.3) is 11.8 Å². The molecular formula is C22H21ClN2O4S. The van der Waals surface area contributed by atoms with Gasteiger partial charge in [-0.05, 0) is 68.5 Å². The van der Waals surface area contributed by atoms with Gasteiger partial charge in [0, 0.05) is 22.7 Å². The average molecular weight is 445 g/mol. The van der Waals surface area contributed by atoms with Gasteiger partial charge in [-0.15, -0.1) is 0 Å². The summed E-state index contributed by atoms with van der Waals surface area (Å²) in [6, 6.07) is 10.2. The number of halogens is 1. The molecule has 3 rings (SSSR count). The molecule has 1 saturated heterocycles. The second-order valence-electron chi connectivity index (χ2n) is 6.52. The predicted molar refractivity (Wildman–Crippen MR) is 121 cm³/mol. The molecule has 30 heavy (non-hydrogen) atoms. The van der Waals surface area contributed by atoms with E-state index in [0.717, 1.165) is 5.56 Å². The molecule has 1 aliphatic heterocycles. The summed E-state index contributed by atoms with van der Waals surface area (Å²) in [5, 5.41) is 0.664. The van der Waals surface area contributed by atoms with E-state index in [1.807, 2.05) is 6.92 Å². The number of amides is 2. The predicted octanol–water partition coefficient (Wildman–Crippen LogP) is 4.23. The molecule has 0 unspecified atom stereocenters. The summed E-state index contributed by atoms with van der Waals surface area (Å²) in [4.78, 5) is 29.1. The smallest absolute Gasteiger partial charge is 0.270 e. The van der Waals surface area contributed by atoms with Crippen molar-refractivity contribution in [2.75, 3.05) is 25.7 Å². The molecule has 1 heterocycles. The minimum absolute atomic E-state index is 0.0109. The van der Waals surface area contributed by atoms with Crippen molar-refractivity contribution in [3.05, 3.63) is 58.1 Å². The van der Waals surface area contributed by atoms with Crippen LogP contribution in [0.1, 0.15) is 18.1 Å². The molecule has 0 N–H and O–H groups in total. The maximum atomic E-state index is 13.3. The molecule has 0 saturated carbocycles. The van der Waals surface area contributed by atoms with Crippen LogP contribution in [-0.2, 0) is 9.59 Å². The van der Waals surface area contributed by atoms with Gasteiger partial charge in [0.1, 0.15) is 17.1 Å². The lowest BCUT2D eigenvalue weighted by Gasteiger charge is -2.36. The minimum atomic E-state index is -0.507. The Bertz CT molecular complexity index is 1050. The number of likely N-dealkylation sites (N-methyl/N-ethyl adjacent to an activating group) is 1. The van der Waals surface area contributed by atoms with E-state index in [-0.39, 0.29) is 10.7 Å². The Kier molecular flexibility index (Phi) is 6.43. The summed E-state index contributed by atoms with van der Waals surface area (Å²) < 4.78 is 10.8. The van der Waals surface area contributed by atoms with Crippen LogP contribution >= 0.6 is 23.8 Å². The van der Waals surface area contributed by atoms with Crippen LogP contribution in [0.4, 0.5) is 5.69 Å². The number of rotatable bonds is 5. The number of nitrogens with zero attached hydrogens (tertiary/aromatic N) is 2. The van der Waals surface area contributed by atoms with E-state index in [4.69, 9.17) is 33.3 Å². The summed E-state index contributed by atoms with van der Waals surface area (Å²) in [6.45, 7) is 3.97. The fraction of sp³-hybridized carbons (Fsp3) is 0.227. The lowest BCUT2D eigenvalue weighted by Crippen LogP contribution is -2.56. The van der Waals surface area contributed by atoms with Crippen molar-refractivity contribution in [1.29, 1.82) is 0 Å². The molecule has 8 heteroatoms. The first kappa shape index (κ1) is 21.8. The number of ether oxygens (including phenoxy) is 2. The molecule has 0 aromatic heterocycles. The van der Waals surface area contributed by atoms with Crippen molar-refractivity contribution in [2.45, 2.75) is 13.8 Å². The molecule has 0 aliphatic carbocycles. The summed E-state index contributed by atoms with van der Waals surface area (Å²) in [6.07, 6.45) is 1.53. The zero-order valence-corrected chi connectivity index (χ0v) is 18.6. The molecule has 0 radical (unpaired) electrons. The highest BCUT2D eigenvalue weighted by atomic mass is 35.5. The molecule has 0 spiro atoms.